The second-order valence-corrected chi connectivity index (χ2v) is 9.11. The van der Waals surface area contributed by atoms with E-state index in [2.05, 4.69) is 25.6 Å². The van der Waals surface area contributed by atoms with Gasteiger partial charge in [0, 0.05) is 54.9 Å². The Morgan fingerprint density at radius 2 is 1.86 bits per heavy atom. The Kier molecular flexibility index (Phi) is 6.30. The summed E-state index contributed by atoms with van der Waals surface area (Å²) in [5, 5.41) is 7.13. The summed E-state index contributed by atoms with van der Waals surface area (Å²) in [6.07, 6.45) is 0.805. The number of aryl methyl sites for hydroxylation is 3. The zero-order valence-corrected chi connectivity index (χ0v) is 21.3. The number of hydrogen-bond acceptors (Lipinski definition) is 6. The molecule has 11 nitrogen and oxygen atoms in total. The number of imidazole rings is 1. The van der Waals surface area contributed by atoms with Crippen molar-refractivity contribution >= 4 is 51.3 Å². The van der Waals surface area contributed by atoms with Gasteiger partial charge in [0.25, 0.3) is 5.56 Å². The van der Waals surface area contributed by atoms with Crippen LogP contribution in [0.1, 0.15) is 17.8 Å². The molecule has 0 unspecified atom stereocenters. The van der Waals surface area contributed by atoms with Crippen LogP contribution in [0.3, 0.4) is 0 Å². The molecular formula is C25H25ClN8O3. The van der Waals surface area contributed by atoms with Crippen molar-refractivity contribution in [2.75, 3.05) is 12.4 Å². The van der Waals surface area contributed by atoms with E-state index in [1.54, 1.807) is 37.8 Å². The van der Waals surface area contributed by atoms with Gasteiger partial charge in [0.15, 0.2) is 11.2 Å². The van der Waals surface area contributed by atoms with Crippen LogP contribution in [0.15, 0.2) is 52.1 Å². The summed E-state index contributed by atoms with van der Waals surface area (Å²) in [6.45, 7) is 0.0509. The second-order valence-electron chi connectivity index (χ2n) is 8.71. The molecule has 3 N–H and O–H groups in total. The lowest BCUT2D eigenvalue weighted by molar-refractivity contribution is -0.120. The first-order valence-electron chi connectivity index (χ1n) is 11.6. The first-order chi connectivity index (χ1) is 17.8. The van der Waals surface area contributed by atoms with Crippen molar-refractivity contribution in [3.05, 3.63) is 79.7 Å². The first-order valence-corrected chi connectivity index (χ1v) is 12.0. The smallest absolute Gasteiger partial charge is 0.332 e. The molecule has 0 fully saturated rings. The molecule has 0 aliphatic carbocycles. The van der Waals surface area contributed by atoms with Gasteiger partial charge >= 0.3 is 5.69 Å². The number of halogens is 1. The Hall–Kier alpha value is -4.38. The summed E-state index contributed by atoms with van der Waals surface area (Å²) in [4.78, 5) is 50.5. The van der Waals surface area contributed by atoms with E-state index < -0.39 is 11.2 Å². The van der Waals surface area contributed by atoms with Crippen LogP contribution in [0.2, 0.25) is 5.02 Å². The largest absolute Gasteiger partial charge is 0.359 e. The number of amides is 1. The number of fused-ring (bicyclic) bond motifs is 2. The van der Waals surface area contributed by atoms with Gasteiger partial charge in [0.1, 0.15) is 5.82 Å². The zero-order chi connectivity index (χ0) is 26.3. The van der Waals surface area contributed by atoms with Crippen molar-refractivity contribution in [3.8, 4) is 0 Å². The van der Waals surface area contributed by atoms with Gasteiger partial charge < -0.3 is 20.2 Å². The molecule has 0 spiro atoms. The van der Waals surface area contributed by atoms with Gasteiger partial charge in [-0.25, -0.2) is 9.78 Å². The van der Waals surface area contributed by atoms with Crippen LogP contribution < -0.4 is 21.9 Å². The van der Waals surface area contributed by atoms with Crippen LogP contribution in [-0.4, -0.2) is 41.6 Å². The fourth-order valence-corrected chi connectivity index (χ4v) is 4.52. The van der Waals surface area contributed by atoms with Crippen LogP contribution in [0.25, 0.3) is 22.1 Å². The maximum absolute atomic E-state index is 13.5. The molecule has 0 atom stereocenters. The molecule has 5 aromatic rings. The number of anilines is 2. The summed E-state index contributed by atoms with van der Waals surface area (Å²) in [5.74, 6) is 0.796. The summed E-state index contributed by atoms with van der Waals surface area (Å²) in [6, 6.07) is 12.8. The number of H-pyrrole nitrogens is 1. The van der Waals surface area contributed by atoms with Gasteiger partial charge in [-0.3, -0.25) is 18.7 Å². The number of pyridine rings is 1. The quantitative estimate of drug-likeness (QED) is 0.302. The minimum Gasteiger partial charge on any atom is -0.359 e. The number of carbonyl (C=O) groups excluding carboxylic acids is 1. The topological polar surface area (TPSA) is 132 Å². The van der Waals surface area contributed by atoms with E-state index in [1.807, 2.05) is 30.3 Å². The molecule has 0 aliphatic rings. The van der Waals surface area contributed by atoms with E-state index in [9.17, 15) is 14.4 Å². The van der Waals surface area contributed by atoms with Crippen molar-refractivity contribution in [2.45, 2.75) is 19.4 Å². The van der Waals surface area contributed by atoms with Gasteiger partial charge in [-0.15, -0.1) is 0 Å². The van der Waals surface area contributed by atoms with Crippen molar-refractivity contribution in [3.63, 3.8) is 0 Å². The number of nitrogens with zero attached hydrogens (tertiary/aromatic N) is 5. The molecule has 0 bridgehead atoms. The van der Waals surface area contributed by atoms with Crippen LogP contribution in [0.4, 0.5) is 11.8 Å². The van der Waals surface area contributed by atoms with E-state index in [0.717, 1.165) is 16.6 Å². The average Bonchev–Trinajstić information content (AvgIpc) is 3.46. The maximum Gasteiger partial charge on any atom is 0.332 e. The van der Waals surface area contributed by atoms with Gasteiger partial charge in [0.2, 0.25) is 11.9 Å². The predicted octanol–water partition coefficient (Wildman–Crippen LogP) is 2.43. The third-order valence-corrected chi connectivity index (χ3v) is 6.62. The Bertz CT molecular complexity index is 1780. The predicted molar refractivity (Wildman–Crippen MR) is 143 cm³/mol. The Morgan fingerprint density at radius 1 is 1.08 bits per heavy atom. The molecule has 0 aliphatic heterocycles. The van der Waals surface area contributed by atoms with Gasteiger partial charge in [-0.2, -0.15) is 4.98 Å². The fraction of sp³-hybridized carbons (Fsp3) is 0.240. The molecule has 0 saturated carbocycles. The normalized spacial score (nSPS) is 11.4. The highest BCUT2D eigenvalue weighted by Crippen LogP contribution is 2.24. The molecule has 1 amide bonds. The zero-order valence-electron chi connectivity index (χ0n) is 20.5. The van der Waals surface area contributed by atoms with Gasteiger partial charge in [-0.05, 0) is 36.8 Å². The van der Waals surface area contributed by atoms with Gasteiger partial charge in [0.05, 0.1) is 6.54 Å². The maximum atomic E-state index is 13.5. The second kappa shape index (κ2) is 9.58. The van der Waals surface area contributed by atoms with Crippen molar-refractivity contribution < 1.29 is 4.79 Å². The van der Waals surface area contributed by atoms with Crippen molar-refractivity contribution in [1.29, 1.82) is 0 Å². The van der Waals surface area contributed by atoms with Crippen LogP contribution in [0.5, 0.6) is 0 Å². The number of hydrogen-bond donors (Lipinski definition) is 3. The van der Waals surface area contributed by atoms with E-state index in [0.29, 0.717) is 35.3 Å². The number of carbonyl (C=O) groups is 1. The van der Waals surface area contributed by atoms with Crippen LogP contribution in [-0.2, 0) is 31.9 Å². The SMILES string of the molecule is CNC(=O)CCc1cccc(Nc2nc3c(c(=O)n(Cc4cc5c(Cl)cccc5[nH]4)c(=O)n3C)n2C)n1. The third kappa shape index (κ3) is 4.49. The minimum absolute atomic E-state index is 0.0509. The highest BCUT2D eigenvalue weighted by atomic mass is 35.5. The molecular weight excluding hydrogens is 496 g/mol. The Balaban J connectivity index is 1.50. The highest BCUT2D eigenvalue weighted by molar-refractivity contribution is 6.35. The van der Waals surface area contributed by atoms with E-state index >= 15 is 0 Å². The average molecular weight is 521 g/mol. The molecule has 5 rings (SSSR count). The molecule has 1 aromatic carbocycles. The molecule has 0 saturated heterocycles. The molecule has 12 heteroatoms. The molecule has 190 valence electrons. The number of benzene rings is 1. The summed E-state index contributed by atoms with van der Waals surface area (Å²) in [7, 11) is 4.87. The Morgan fingerprint density at radius 3 is 2.62 bits per heavy atom. The third-order valence-electron chi connectivity index (χ3n) is 6.29. The van der Waals surface area contributed by atoms with Crippen LogP contribution in [0, 0.1) is 0 Å². The van der Waals surface area contributed by atoms with Crippen LogP contribution >= 0.6 is 11.6 Å². The number of aromatic nitrogens is 6. The standard InChI is InChI=1S/C25H25ClN8O3/c1-27-20(35)11-10-14-6-4-9-19(29-14)30-24-31-22-21(32(24)2)23(36)34(25(37)33(22)3)13-15-12-16-17(26)7-5-8-18(16)28-15/h4-9,12,28H,10-11,13H2,1-3H3,(H,27,35)(H,29,30,31). The van der Waals surface area contributed by atoms with E-state index in [1.165, 1.54) is 9.13 Å². The summed E-state index contributed by atoms with van der Waals surface area (Å²) in [5.41, 5.74) is 1.83. The summed E-state index contributed by atoms with van der Waals surface area (Å²) < 4.78 is 4.13. The number of rotatable bonds is 7. The van der Waals surface area contributed by atoms with E-state index in [4.69, 9.17) is 11.6 Å². The monoisotopic (exact) mass is 520 g/mol. The van der Waals surface area contributed by atoms with Crippen molar-refractivity contribution in [2.24, 2.45) is 14.1 Å². The molecule has 4 heterocycles. The fourth-order valence-electron chi connectivity index (χ4n) is 4.30. The molecule has 0 radical (unpaired) electrons. The molecule has 4 aromatic heterocycles. The Labute approximate surface area is 215 Å². The van der Waals surface area contributed by atoms with Gasteiger partial charge in [-0.1, -0.05) is 23.7 Å². The summed E-state index contributed by atoms with van der Waals surface area (Å²) >= 11 is 6.28. The lowest BCUT2D eigenvalue weighted by Gasteiger charge is -2.08. The van der Waals surface area contributed by atoms with Crippen molar-refractivity contribution in [1.82, 2.24) is 34.0 Å². The first kappa shape index (κ1) is 24.3. The lowest BCUT2D eigenvalue weighted by atomic mass is 10.2. The van der Waals surface area contributed by atoms with E-state index in [-0.39, 0.29) is 23.6 Å². The molecule has 37 heavy (non-hydrogen) atoms. The highest BCUT2D eigenvalue weighted by Gasteiger charge is 2.19. The number of nitrogens with one attached hydrogen (secondary N) is 3. The minimum atomic E-state index is -0.485. The number of aromatic amines is 1. The lowest BCUT2D eigenvalue weighted by Crippen LogP contribution is -2.39.